The average Bonchev–Trinajstić information content (AvgIpc) is 2.45. The minimum atomic E-state index is -0.815. The number of aliphatic hydroxyl groups is 1. The summed E-state index contributed by atoms with van der Waals surface area (Å²) in [5.41, 5.74) is 6.25. The number of rotatable bonds is 1. The molecule has 0 spiro atoms. The molecule has 0 saturated carbocycles. The third-order valence-corrected chi connectivity index (χ3v) is 6.28. The van der Waals surface area contributed by atoms with E-state index in [0.717, 1.165) is 11.3 Å². The molecule has 0 aromatic heterocycles. The van der Waals surface area contributed by atoms with Crippen molar-refractivity contribution in [2.45, 2.75) is 27.7 Å². The average molecular weight is 299 g/mol. The van der Waals surface area contributed by atoms with Gasteiger partial charge in [-0.05, 0) is 74.2 Å². The lowest BCUT2D eigenvalue weighted by Crippen LogP contribution is -2.17. The highest BCUT2D eigenvalue weighted by molar-refractivity contribution is 7.66. The predicted molar refractivity (Wildman–Crippen MR) is 89.9 cm³/mol. The molecule has 0 saturated heterocycles. The Morgan fingerprint density at radius 1 is 0.905 bits per heavy atom. The molecule has 1 heterocycles. The van der Waals surface area contributed by atoms with Gasteiger partial charge >= 0.3 is 0 Å². The molecule has 108 valence electrons. The van der Waals surface area contributed by atoms with Gasteiger partial charge in [-0.1, -0.05) is 6.07 Å². The lowest BCUT2D eigenvalue weighted by molar-refractivity contribution is 0.384. The zero-order valence-electron chi connectivity index (χ0n) is 12.9. The summed E-state index contributed by atoms with van der Waals surface area (Å²) < 4.78 is 5.91. The van der Waals surface area contributed by atoms with Crippen LogP contribution >= 0.6 is 7.55 Å². The van der Waals surface area contributed by atoms with Gasteiger partial charge in [0.25, 0.3) is 11.8 Å². The molecule has 0 amide bonds. The normalized spacial score (nSPS) is 15.7. The van der Waals surface area contributed by atoms with Gasteiger partial charge in [-0.15, -0.1) is 0 Å². The van der Waals surface area contributed by atoms with Crippen molar-refractivity contribution in [2.24, 2.45) is 0 Å². The Morgan fingerprint density at radius 2 is 1.57 bits per heavy atom. The van der Waals surface area contributed by atoms with Crippen LogP contribution in [0.25, 0.3) is 0 Å². The molecule has 1 aliphatic rings. The molecule has 1 atom stereocenters. The van der Waals surface area contributed by atoms with E-state index in [1.165, 1.54) is 27.6 Å². The molecular weight excluding hydrogens is 279 g/mol. The van der Waals surface area contributed by atoms with Crippen LogP contribution < -0.4 is 10.0 Å². The van der Waals surface area contributed by atoms with E-state index in [1.54, 1.807) is 0 Å². The summed E-state index contributed by atoms with van der Waals surface area (Å²) in [6, 6.07) is 10.5. The van der Waals surface area contributed by atoms with Gasteiger partial charge in [0, 0.05) is 0 Å². The maximum absolute atomic E-state index is 10.7. The maximum atomic E-state index is 10.7. The minimum absolute atomic E-state index is 0.484. The number of benzene rings is 2. The second-order valence-corrected chi connectivity index (χ2v) is 7.78. The van der Waals surface area contributed by atoms with Crippen molar-refractivity contribution in [3.63, 3.8) is 0 Å². The topological polar surface area (TPSA) is 29.5 Å². The second-order valence-electron chi connectivity index (χ2n) is 5.73. The van der Waals surface area contributed by atoms with E-state index in [2.05, 4.69) is 45.9 Å². The molecule has 0 radical (unpaired) electrons. The van der Waals surface area contributed by atoms with Crippen LogP contribution in [0.2, 0.25) is 0 Å². The summed E-state index contributed by atoms with van der Waals surface area (Å²) in [6.07, 6.45) is 0.555. The summed E-state index contributed by atoms with van der Waals surface area (Å²) in [6.45, 7) is 8.35. The van der Waals surface area contributed by atoms with Gasteiger partial charge < -0.3 is 9.84 Å². The molecule has 2 aromatic carbocycles. The van der Waals surface area contributed by atoms with Crippen molar-refractivity contribution in [2.75, 3.05) is 6.35 Å². The summed E-state index contributed by atoms with van der Waals surface area (Å²) >= 11 is 0. The monoisotopic (exact) mass is 299 g/mol. The van der Waals surface area contributed by atoms with E-state index in [1.807, 2.05) is 12.1 Å². The standard InChI is InChI=1S/C18H19O2P/c1-11-5-6-15(7-12(11)2)21-10-20-17-9-14(4)13(3)8-16(17)18(21)19/h5-9H,10H2,1-4H3/p+1. The molecule has 3 heteroatoms. The number of fused-ring (bicyclic) bond motifs is 1. The smallest absolute Gasteiger partial charge is 0.267 e. The van der Waals surface area contributed by atoms with Gasteiger partial charge in [0.2, 0.25) is 7.55 Å². The summed E-state index contributed by atoms with van der Waals surface area (Å²) in [4.78, 5) is 0. The Balaban J connectivity index is 2.14. The van der Waals surface area contributed by atoms with E-state index in [4.69, 9.17) is 4.74 Å². The first kappa shape index (κ1) is 14.3. The van der Waals surface area contributed by atoms with Crippen LogP contribution in [0.5, 0.6) is 5.75 Å². The van der Waals surface area contributed by atoms with Crippen LogP contribution in [0, 0.1) is 27.7 Å². The summed E-state index contributed by atoms with van der Waals surface area (Å²) in [7, 11) is -0.815. The van der Waals surface area contributed by atoms with Gasteiger partial charge in [-0.2, -0.15) is 0 Å². The van der Waals surface area contributed by atoms with E-state index in [9.17, 15) is 5.11 Å². The quantitative estimate of drug-likeness (QED) is 0.809. The maximum Gasteiger partial charge on any atom is 0.267 e. The molecule has 1 N–H and O–H groups in total. The van der Waals surface area contributed by atoms with Crippen LogP contribution in [0.3, 0.4) is 0 Å². The fraction of sp³-hybridized carbons (Fsp3) is 0.278. The van der Waals surface area contributed by atoms with Crippen molar-refractivity contribution >= 4 is 18.3 Å². The van der Waals surface area contributed by atoms with Gasteiger partial charge in [-0.25, -0.2) is 0 Å². The van der Waals surface area contributed by atoms with Crippen molar-refractivity contribution in [3.05, 3.63) is 58.1 Å². The molecule has 0 fully saturated rings. The summed E-state index contributed by atoms with van der Waals surface area (Å²) in [5.74, 6) is 0.804. The Kier molecular flexibility index (Phi) is 3.61. The number of hydrogen-bond acceptors (Lipinski definition) is 1. The van der Waals surface area contributed by atoms with Crippen LogP contribution in [-0.4, -0.2) is 16.9 Å². The van der Waals surface area contributed by atoms with Crippen molar-refractivity contribution in [1.29, 1.82) is 0 Å². The van der Waals surface area contributed by atoms with Crippen molar-refractivity contribution < 1.29 is 9.84 Å². The molecular formula is C18H20O2P+. The van der Waals surface area contributed by atoms with Gasteiger partial charge in [-0.3, -0.25) is 0 Å². The van der Waals surface area contributed by atoms with E-state index < -0.39 is 7.55 Å². The van der Waals surface area contributed by atoms with Gasteiger partial charge in [0.15, 0.2) is 5.30 Å². The number of aliphatic hydroxyl groups excluding tert-OH is 1. The number of aryl methyl sites for hydroxylation is 4. The molecule has 21 heavy (non-hydrogen) atoms. The van der Waals surface area contributed by atoms with Crippen LogP contribution in [0.4, 0.5) is 0 Å². The second kappa shape index (κ2) is 5.29. The summed E-state index contributed by atoms with van der Waals surface area (Å²) in [5, 5.41) is 11.9. The van der Waals surface area contributed by atoms with Gasteiger partial charge in [0.05, 0.1) is 5.56 Å². The molecule has 2 aromatic rings. The van der Waals surface area contributed by atoms with E-state index in [0.29, 0.717) is 11.8 Å². The Hall–Kier alpha value is -1.63. The first-order chi connectivity index (χ1) is 9.97. The minimum Gasteiger partial charge on any atom is -0.451 e. The lowest BCUT2D eigenvalue weighted by atomic mass is 10.1. The largest absolute Gasteiger partial charge is 0.451 e. The van der Waals surface area contributed by atoms with Gasteiger partial charge in [0.1, 0.15) is 5.75 Å². The third-order valence-electron chi connectivity index (χ3n) is 4.24. The Bertz CT molecular complexity index is 760. The number of hydrogen-bond donors (Lipinski definition) is 1. The van der Waals surface area contributed by atoms with Crippen LogP contribution in [0.1, 0.15) is 27.8 Å². The van der Waals surface area contributed by atoms with E-state index >= 15 is 0 Å². The third kappa shape index (κ3) is 2.50. The molecule has 0 aliphatic carbocycles. The number of ether oxygens (including phenoxy) is 1. The highest BCUT2D eigenvalue weighted by Crippen LogP contribution is 2.37. The highest BCUT2D eigenvalue weighted by Gasteiger charge is 2.31. The molecule has 1 aliphatic heterocycles. The molecule has 0 bridgehead atoms. The molecule has 3 rings (SSSR count). The first-order valence-electron chi connectivity index (χ1n) is 7.12. The SMILES string of the molecule is Cc1ccc([P+]2=C(O)c3cc(C)c(C)cc3OC2)cc1C. The molecule has 1 unspecified atom stereocenters. The Labute approximate surface area is 126 Å². The molecule has 2 nitrogen and oxygen atoms in total. The Morgan fingerprint density at radius 3 is 2.29 bits per heavy atom. The fourth-order valence-electron chi connectivity index (χ4n) is 2.51. The van der Waals surface area contributed by atoms with Crippen molar-refractivity contribution in [3.8, 4) is 5.75 Å². The van der Waals surface area contributed by atoms with Crippen molar-refractivity contribution in [1.82, 2.24) is 0 Å². The first-order valence-corrected chi connectivity index (χ1v) is 8.65. The van der Waals surface area contributed by atoms with Crippen LogP contribution in [-0.2, 0) is 0 Å². The highest BCUT2D eigenvalue weighted by atomic mass is 31.1. The zero-order chi connectivity index (χ0) is 15.1. The van der Waals surface area contributed by atoms with Crippen LogP contribution in [0.15, 0.2) is 30.3 Å². The fourth-order valence-corrected chi connectivity index (χ4v) is 4.37. The predicted octanol–water partition coefficient (Wildman–Crippen LogP) is 3.93. The van der Waals surface area contributed by atoms with E-state index in [-0.39, 0.29) is 0 Å². The lowest BCUT2D eigenvalue weighted by Gasteiger charge is -2.15. The zero-order valence-corrected chi connectivity index (χ0v) is 13.8.